The summed E-state index contributed by atoms with van der Waals surface area (Å²) in [6.07, 6.45) is 0. The van der Waals surface area contributed by atoms with Gasteiger partial charge in [0.15, 0.2) is 10.1 Å². The lowest BCUT2D eigenvalue weighted by atomic mass is 10.4. The zero-order chi connectivity index (χ0) is 27.8. The smallest absolute Gasteiger partial charge is 0.485 e. The van der Waals surface area contributed by atoms with Gasteiger partial charge in [-0.2, -0.15) is 13.2 Å². The van der Waals surface area contributed by atoms with Gasteiger partial charge in [-0.15, -0.1) is 0 Å². The Hall–Kier alpha value is -2.13. The molecular weight excluding hydrogens is 566 g/mol. The van der Waals surface area contributed by atoms with Gasteiger partial charge in [-0.05, 0) is 56.1 Å². The molecule has 0 aliphatic rings. The Bertz CT molecular complexity index is 1290. The van der Waals surface area contributed by atoms with Crippen LogP contribution in [0.15, 0.2) is 121 Å². The van der Waals surface area contributed by atoms with Crippen LogP contribution in [0.2, 0.25) is 0 Å². The summed E-state index contributed by atoms with van der Waals surface area (Å²) in [5.41, 5.74) is -5.65. The van der Waals surface area contributed by atoms with Crippen LogP contribution in [0, 0.1) is 0 Å². The molecule has 0 bridgehead atoms. The van der Waals surface area contributed by atoms with E-state index in [4.69, 9.17) is 13.0 Å². The summed E-state index contributed by atoms with van der Waals surface area (Å²) >= 11 is 0. The molecule has 0 amide bonds. The molecule has 200 valence electrons. The normalized spacial score (nSPS) is 12.2. The second-order valence-corrected chi connectivity index (χ2v) is 21.5. The first-order chi connectivity index (χ1) is 18.0. The first-order valence-electron chi connectivity index (χ1n) is 11.5. The first-order valence-corrected chi connectivity index (χ1v) is 19.4. The Labute approximate surface area is 225 Å². The molecule has 4 aromatic rings. The van der Waals surface area contributed by atoms with Crippen LogP contribution in [0.5, 0.6) is 0 Å². The van der Waals surface area contributed by atoms with Crippen molar-refractivity contribution in [3.05, 3.63) is 121 Å². The first kappa shape index (κ1) is 30.4. The van der Waals surface area contributed by atoms with Crippen LogP contribution in [0.3, 0.4) is 0 Å². The van der Waals surface area contributed by atoms with Crippen molar-refractivity contribution in [2.75, 3.05) is 19.2 Å². The van der Waals surface area contributed by atoms with Gasteiger partial charge in [0.1, 0.15) is 17.6 Å². The van der Waals surface area contributed by atoms with Gasteiger partial charge in [-0.3, -0.25) is 0 Å². The van der Waals surface area contributed by atoms with Crippen molar-refractivity contribution in [3.63, 3.8) is 0 Å². The maximum Gasteiger partial charge on any atom is 0.485 e. The summed E-state index contributed by atoms with van der Waals surface area (Å²) in [7, 11) is -6.73. The summed E-state index contributed by atoms with van der Waals surface area (Å²) < 4.78 is 58.9. The molecule has 4 rings (SSSR count). The third-order valence-corrected chi connectivity index (χ3v) is 21.3. The van der Waals surface area contributed by atoms with Crippen LogP contribution in [0.4, 0.5) is 13.2 Å². The van der Waals surface area contributed by atoms with E-state index in [-0.39, 0.29) is 7.61 Å². The summed E-state index contributed by atoms with van der Waals surface area (Å²) in [6.45, 7) is 3.42. The van der Waals surface area contributed by atoms with E-state index in [1.54, 1.807) is 10.6 Å². The summed E-state index contributed by atoms with van der Waals surface area (Å²) in [4.78, 5) is 0. The van der Waals surface area contributed by atoms with E-state index in [1.807, 2.05) is 0 Å². The van der Waals surface area contributed by atoms with Gasteiger partial charge in [0, 0.05) is 0 Å². The highest BCUT2D eigenvalue weighted by Crippen LogP contribution is 2.82. The minimum Gasteiger partial charge on any atom is -0.741 e. The lowest BCUT2D eigenvalue weighted by Gasteiger charge is -2.34. The molecule has 0 unspecified atom stereocenters. The zero-order valence-corrected chi connectivity index (χ0v) is 24.4. The van der Waals surface area contributed by atoms with E-state index in [0.29, 0.717) is 0 Å². The Morgan fingerprint density at radius 1 is 0.658 bits per heavy atom. The molecule has 0 aromatic heterocycles. The van der Waals surface area contributed by atoms with Gasteiger partial charge in [0.2, 0.25) is 0 Å². The van der Waals surface area contributed by atoms with E-state index in [2.05, 4.69) is 135 Å². The van der Waals surface area contributed by atoms with Crippen molar-refractivity contribution in [1.29, 1.82) is 0 Å². The quantitative estimate of drug-likeness (QED) is 0.140. The second kappa shape index (κ2) is 13.3. The molecule has 0 atom stereocenters. The second-order valence-electron chi connectivity index (χ2n) is 8.43. The van der Waals surface area contributed by atoms with Crippen LogP contribution >= 0.6 is 22.5 Å². The molecule has 0 aliphatic carbocycles. The summed E-state index contributed by atoms with van der Waals surface area (Å²) in [6, 6.07) is 45.1. The van der Waals surface area contributed by atoms with E-state index in [9.17, 15) is 13.2 Å². The molecule has 0 aliphatic heterocycles. The average molecular weight is 595 g/mol. The fraction of sp³-hybridized carbons (Fsp3) is 0.143. The van der Waals surface area contributed by atoms with Gasteiger partial charge in [-0.25, -0.2) is 8.42 Å². The fourth-order valence-corrected chi connectivity index (χ4v) is 20.1. The number of rotatable bonds is 7. The van der Waals surface area contributed by atoms with Gasteiger partial charge in [-0.1, -0.05) is 97.1 Å². The largest absolute Gasteiger partial charge is 0.741 e. The summed E-state index contributed by atoms with van der Waals surface area (Å²) in [5.74, 6) is 1.23. The summed E-state index contributed by atoms with van der Waals surface area (Å²) in [5, 5.41) is 6.05. The average Bonchev–Trinajstić information content (AvgIpc) is 2.90. The lowest BCUT2D eigenvalue weighted by molar-refractivity contribution is -0.0517. The van der Waals surface area contributed by atoms with Gasteiger partial charge in [0.05, 0.1) is 13.5 Å². The van der Waals surface area contributed by atoms with Gasteiger partial charge >= 0.3 is 5.51 Å². The predicted molar refractivity (Wildman–Crippen MR) is 158 cm³/mol. The highest BCUT2D eigenvalue weighted by molar-refractivity contribution is 8.46. The van der Waals surface area contributed by atoms with Crippen molar-refractivity contribution in [3.8, 4) is 0 Å². The Morgan fingerprint density at radius 2 is 0.947 bits per heavy atom. The molecule has 0 radical (unpaired) electrons. The van der Waals surface area contributed by atoms with Crippen molar-refractivity contribution in [1.82, 2.24) is 0 Å². The van der Waals surface area contributed by atoms with Crippen LogP contribution in [-0.4, -0.2) is 37.7 Å². The molecule has 4 aromatic carbocycles. The fourth-order valence-electron chi connectivity index (χ4n) is 3.98. The standard InChI is InChI=1S/C27H28P3.CHF3O3S/c1-28(2)30(26-19-11-5-12-20-26,27-21-13-6-14-22-27)23-29(24-15-7-3-8-16-24)25-17-9-4-10-18-25;2-1(3,4)8(5,6)7/h3-22H,23H2,1-2H3;(H,5,6,7)/q+1;/p-1. The number of hydrogen-bond donors (Lipinski definition) is 0. The third-order valence-electron chi connectivity index (χ3n) is 5.81. The lowest BCUT2D eigenvalue weighted by Crippen LogP contribution is -2.26. The van der Waals surface area contributed by atoms with Gasteiger partial charge in [0.25, 0.3) is 0 Å². The molecule has 10 heteroatoms. The molecule has 0 fully saturated rings. The maximum atomic E-state index is 10.7. The molecule has 3 nitrogen and oxygen atoms in total. The topological polar surface area (TPSA) is 57.2 Å². The highest BCUT2D eigenvalue weighted by Gasteiger charge is 2.48. The van der Waals surface area contributed by atoms with E-state index in [1.165, 1.54) is 16.5 Å². The molecule has 0 saturated heterocycles. The monoisotopic (exact) mass is 594 g/mol. The van der Waals surface area contributed by atoms with Crippen LogP contribution in [-0.2, 0) is 10.1 Å². The van der Waals surface area contributed by atoms with E-state index in [0.717, 1.165) is 0 Å². The van der Waals surface area contributed by atoms with Crippen molar-refractivity contribution in [2.24, 2.45) is 0 Å². The van der Waals surface area contributed by atoms with E-state index >= 15 is 0 Å². The number of alkyl halides is 3. The highest BCUT2D eigenvalue weighted by atomic mass is 32.2. The molecule has 38 heavy (non-hydrogen) atoms. The molecule has 0 spiro atoms. The minimum atomic E-state index is -6.09. The van der Waals surface area contributed by atoms with Crippen LogP contribution < -0.4 is 21.2 Å². The van der Waals surface area contributed by atoms with Crippen molar-refractivity contribution >= 4 is 53.8 Å². The molecule has 0 N–H and O–H groups in total. The zero-order valence-electron chi connectivity index (χ0n) is 20.9. The SMILES string of the molecule is CP(C)[P+](CP(c1ccccc1)c1ccccc1)(c1ccccc1)c1ccccc1.O=S(=O)([O-])C(F)(F)F. The van der Waals surface area contributed by atoms with Crippen molar-refractivity contribution < 1.29 is 26.1 Å². The van der Waals surface area contributed by atoms with Crippen molar-refractivity contribution in [2.45, 2.75) is 5.51 Å². The predicted octanol–water partition coefficient (Wildman–Crippen LogP) is 6.45. The maximum absolute atomic E-state index is 10.7. The van der Waals surface area contributed by atoms with Gasteiger partial charge < -0.3 is 4.55 Å². The number of benzene rings is 4. The Balaban J connectivity index is 0.000000436. The molecular formula is C28H28F3O3P3S. The molecule has 0 saturated carbocycles. The van der Waals surface area contributed by atoms with E-state index < -0.39 is 30.5 Å². The number of halogens is 3. The van der Waals surface area contributed by atoms with Crippen LogP contribution in [0.25, 0.3) is 0 Å². The Kier molecular flexibility index (Phi) is 10.6. The third kappa shape index (κ3) is 7.50. The minimum absolute atomic E-state index is 0.187. The van der Waals surface area contributed by atoms with Crippen LogP contribution in [0.1, 0.15) is 0 Å². The number of hydrogen-bond acceptors (Lipinski definition) is 3. The molecule has 0 heterocycles. The Morgan fingerprint density at radius 3 is 1.21 bits per heavy atom.